The highest BCUT2D eigenvalue weighted by molar-refractivity contribution is 7.11. The number of hydrogen-bond acceptors (Lipinski definition) is 18. The molecule has 118 heavy (non-hydrogen) atoms. The van der Waals surface area contributed by atoms with Gasteiger partial charge in [-0.3, -0.25) is 0 Å². The predicted molar refractivity (Wildman–Crippen MR) is 481 cm³/mol. The molecule has 4 aliphatic carbocycles. The number of rotatable bonds is 28. The summed E-state index contributed by atoms with van der Waals surface area (Å²) in [5.41, 5.74) is 0. The Labute approximate surface area is 710 Å². The zero-order valence-corrected chi connectivity index (χ0v) is 81.5. The van der Waals surface area contributed by atoms with E-state index in [1.54, 1.807) is 0 Å². The van der Waals surface area contributed by atoms with Gasteiger partial charge in [0.05, 0.1) is 48.8 Å². The topological polar surface area (TPSA) is 179 Å². The number of ether oxygens (including phenoxy) is 4. The fraction of sp³-hybridized carbons (Fsp3) is 0.455. The van der Waals surface area contributed by atoms with Crippen LogP contribution in [0.1, 0.15) is 103 Å². The largest absolute Gasteiger partial charge is 0.515 e. The fourth-order valence-electron chi connectivity index (χ4n) is 19.7. The molecule has 0 spiro atoms. The molecule has 0 N–H and O–H groups in total. The first-order valence-corrected chi connectivity index (χ1v) is 70.1. The summed E-state index contributed by atoms with van der Waals surface area (Å²) in [5.74, 6) is 1.73. The van der Waals surface area contributed by atoms with Crippen molar-refractivity contribution < 1.29 is 76.6 Å². The van der Waals surface area contributed by atoms with Crippen molar-refractivity contribution in [2.75, 3.05) is 0 Å². The fourth-order valence-corrected chi connectivity index (χ4v) is 80.6. The standard InChI is InChI=1S/C88H116O18Si12/c1-107(2,61-57-69-49-53-81-85(65-69)89-81)93-111(73-33-17-9-18-34-73)97-115(77-41-25-13-26-42-77)99-112(74-35-19-10-20-36-74,94-108(3,4)62-58-70-50-54-82-86(66-70)90-82)100-116(98-111,78-43-27-14-28-44-78)106-118(80-47-31-16-32-48-80)102-113(75-37-21-11-22-38-75,95-109(5,6)63-59-71-51-55-83-87(67-71)91-83)101-117(105-115,79-45-29-15-30-46-79)103-114(104-118,76-39-23-12-24-40-76)96-110(7,8)64-60-72-52-56-84-88(68-72)92-84/h9-48,69-72,81-88H,49-68H2,1-8H3. The van der Waals surface area contributed by atoms with Gasteiger partial charge in [0.2, 0.25) is 0 Å². The minimum Gasteiger partial charge on any atom is -0.413 e. The SMILES string of the molecule is C[Si](C)(CCC1CCC2OC2C1)O[Si]1(c2ccccc2)O[Si]2(c3ccccc3)O[Si](O[Si](C)(C)CCC3CCC4OC4C3)(c3ccccc3)O[Si](c3ccccc3)(O1)O[Si]1(c3ccccc3)O[Si](O[Si](C)(C)CCC3CCC4OC4C3)(c3ccccc3)O[Si](c3ccccc3)(O[Si](O[Si](C)(C)CCC3CCC4OC4C3)(c3ccccc3)O1)O2. The van der Waals surface area contributed by atoms with Gasteiger partial charge < -0.3 is 76.6 Å². The molecule has 0 radical (unpaired) electrons. The Balaban J connectivity index is 0.931. The Morgan fingerprint density at radius 3 is 0.559 bits per heavy atom. The van der Waals surface area contributed by atoms with Gasteiger partial charge >= 0.3 is 70.4 Å². The van der Waals surface area contributed by atoms with Gasteiger partial charge in [-0.2, -0.15) is 0 Å². The van der Waals surface area contributed by atoms with E-state index in [9.17, 15) is 41.2 Å². The van der Waals surface area contributed by atoms with Crippen LogP contribution in [-0.2, 0) is 76.6 Å². The van der Waals surface area contributed by atoms with Gasteiger partial charge in [0.25, 0.3) is 0 Å². The van der Waals surface area contributed by atoms with Crippen molar-refractivity contribution in [1.29, 1.82) is 0 Å². The van der Waals surface area contributed by atoms with Crippen LogP contribution in [0.5, 0.6) is 0 Å². The van der Waals surface area contributed by atoms with Crippen molar-refractivity contribution in [2.45, 2.75) is 228 Å². The van der Waals surface area contributed by atoms with Crippen LogP contribution in [0.15, 0.2) is 243 Å². The molecule has 12 unspecified atom stereocenters. The van der Waals surface area contributed by atoms with E-state index in [4.69, 9.17) is 35.4 Å². The van der Waals surface area contributed by atoms with Crippen molar-refractivity contribution in [3.8, 4) is 0 Å². The van der Waals surface area contributed by atoms with E-state index < -0.39 is 104 Å². The zero-order valence-electron chi connectivity index (χ0n) is 69.5. The van der Waals surface area contributed by atoms with Crippen molar-refractivity contribution in [3.05, 3.63) is 243 Å². The van der Waals surface area contributed by atoms with Gasteiger partial charge in [-0.15, -0.1) is 0 Å². The molecule has 30 heteroatoms. The number of epoxide rings is 4. The quantitative estimate of drug-likeness (QED) is 0.0333. The van der Waals surface area contributed by atoms with Crippen molar-refractivity contribution in [1.82, 2.24) is 0 Å². The highest BCUT2D eigenvalue weighted by Gasteiger charge is 2.81. The lowest BCUT2D eigenvalue weighted by atomic mass is 9.88. The molecule has 20 rings (SSSR count). The minimum atomic E-state index is -5.48. The summed E-state index contributed by atoms with van der Waals surface area (Å²) >= 11 is 0. The second kappa shape index (κ2) is 33.2. The average Bonchev–Trinajstić information content (AvgIpc) is 0.813. The molecule has 12 aliphatic rings. The molecule has 8 aromatic rings. The third-order valence-corrected chi connectivity index (χ3v) is 75.4. The lowest BCUT2D eigenvalue weighted by Crippen LogP contribution is -2.91. The third kappa shape index (κ3) is 18.0. The molecule has 12 atom stereocenters. The Kier molecular flexibility index (Phi) is 23.4. The summed E-state index contributed by atoms with van der Waals surface area (Å²) in [7, 11) is -55.0. The van der Waals surface area contributed by atoms with Crippen molar-refractivity contribution >= 4 is 145 Å². The lowest BCUT2D eigenvalue weighted by molar-refractivity contribution is 0.0478. The molecule has 0 amide bonds. The van der Waals surface area contributed by atoms with E-state index >= 15 is 0 Å². The number of fused-ring (bicyclic) bond motifs is 8. The molecule has 18 nitrogen and oxygen atoms in total. The van der Waals surface area contributed by atoms with E-state index in [2.05, 4.69) is 149 Å². The maximum Gasteiger partial charge on any atom is 0.515 e. The lowest BCUT2D eigenvalue weighted by Gasteiger charge is -2.58. The molecule has 0 aromatic heterocycles. The van der Waals surface area contributed by atoms with E-state index in [1.165, 1.54) is 0 Å². The van der Waals surface area contributed by atoms with E-state index in [0.717, 1.165) is 127 Å². The molecule has 624 valence electrons. The predicted octanol–water partition coefficient (Wildman–Crippen LogP) is 13.7. The molecule has 4 saturated carbocycles. The normalized spacial score (nSPS) is 36.3. The molecule has 12 fully saturated rings. The van der Waals surface area contributed by atoms with E-state index in [-0.39, 0.29) is 0 Å². The monoisotopic (exact) mass is 1800 g/mol. The summed E-state index contributed by atoms with van der Waals surface area (Å²) in [5, 5.41) is 4.83. The molecular formula is C88H116O18Si12. The molecule has 4 bridgehead atoms. The average molecular weight is 1800 g/mol. The van der Waals surface area contributed by atoms with Crippen molar-refractivity contribution in [3.63, 3.8) is 0 Å². The first-order valence-electron chi connectivity index (χ1n) is 43.8. The maximum absolute atomic E-state index is 9.41. The minimum absolute atomic E-state index is 0.297. The van der Waals surface area contributed by atoms with Crippen LogP contribution in [0.4, 0.5) is 0 Å². The Morgan fingerprint density at radius 2 is 0.390 bits per heavy atom. The van der Waals surface area contributed by atoms with Crippen LogP contribution < -0.4 is 41.5 Å². The van der Waals surface area contributed by atoms with Gasteiger partial charge in [-0.25, -0.2) is 0 Å². The summed E-state index contributed by atoms with van der Waals surface area (Å²) in [4.78, 5) is 0. The van der Waals surface area contributed by atoms with Gasteiger partial charge in [0.1, 0.15) is 0 Å². The first-order chi connectivity index (χ1) is 56.9. The van der Waals surface area contributed by atoms with Gasteiger partial charge in [-0.1, -0.05) is 268 Å². The summed E-state index contributed by atoms with van der Waals surface area (Å²) < 4.78 is 153. The highest BCUT2D eigenvalue weighted by Crippen LogP contribution is 2.50. The second-order valence-corrected chi connectivity index (χ2v) is 78.6. The third-order valence-electron chi connectivity index (χ3n) is 26.4. The van der Waals surface area contributed by atoms with Gasteiger partial charge in [0.15, 0.2) is 33.3 Å². The molecule has 8 heterocycles. The zero-order chi connectivity index (χ0) is 80.7. The smallest absolute Gasteiger partial charge is 0.413 e. The molecule has 8 saturated heterocycles. The maximum atomic E-state index is 9.41. The Bertz CT molecular complexity index is 4110. The van der Waals surface area contributed by atoms with Crippen LogP contribution in [0.2, 0.25) is 76.6 Å². The van der Waals surface area contributed by atoms with Crippen LogP contribution in [-0.4, -0.2) is 153 Å². The summed E-state index contributed by atoms with van der Waals surface area (Å²) in [6.07, 6.45) is 18.9. The van der Waals surface area contributed by atoms with Crippen LogP contribution in [0.3, 0.4) is 0 Å². The summed E-state index contributed by atoms with van der Waals surface area (Å²) in [6, 6.07) is 85.2. The highest BCUT2D eigenvalue weighted by atomic mass is 28.6. The van der Waals surface area contributed by atoms with Crippen LogP contribution in [0.25, 0.3) is 0 Å². The second-order valence-electron chi connectivity index (χ2n) is 37.6. The number of benzene rings is 8. The van der Waals surface area contributed by atoms with E-state index in [0.29, 0.717) is 114 Å². The van der Waals surface area contributed by atoms with Gasteiger partial charge in [0, 0.05) is 41.5 Å². The van der Waals surface area contributed by atoms with Gasteiger partial charge in [-0.05, 0) is 177 Å². The summed E-state index contributed by atoms with van der Waals surface area (Å²) in [6.45, 7) is 18.5. The van der Waals surface area contributed by atoms with Crippen molar-refractivity contribution in [2.24, 2.45) is 23.7 Å². The molecule has 8 aromatic carbocycles. The first kappa shape index (κ1) is 83.2. The van der Waals surface area contributed by atoms with E-state index in [1.807, 2.05) is 146 Å². The molecule has 8 aliphatic heterocycles. The Morgan fingerprint density at radius 1 is 0.220 bits per heavy atom. The molecular weight excluding hydrogens is 1680 g/mol. The van der Waals surface area contributed by atoms with Crippen LogP contribution in [0, 0.1) is 23.7 Å². The Hall–Kier alpha value is -4.36. The number of hydrogen-bond donors (Lipinski definition) is 0. The van der Waals surface area contributed by atoms with Crippen LogP contribution >= 0.6 is 0 Å².